The standard InChI is InChI=1S/C29H25N.C11H10.C7H10.2C2H6/c1-22-14-16-23(17-15-22)24-18-20-27(21-19-24)30(26-10-3-2-4-11-26)29-13-7-9-25-8-5-6-12-28(25)29;1-9-5-4-7-10-6-2-3-8-11(9)10;1-7-5-3-2-4-6-7;2*1-2/h2-3,5-10,12-21H,4,11H2,1H3;2-8H,1H3;2-3,5H,4,6H2,1H3;2*1-2H3. The maximum Gasteiger partial charge on any atom is 0.0536 e. The van der Waals surface area contributed by atoms with E-state index in [1.165, 1.54) is 79.3 Å². The van der Waals surface area contributed by atoms with Gasteiger partial charge in [0.1, 0.15) is 0 Å². The van der Waals surface area contributed by atoms with Gasteiger partial charge in [-0.15, -0.1) is 0 Å². The highest BCUT2D eigenvalue weighted by Crippen LogP contribution is 2.38. The molecular weight excluding hydrogens is 627 g/mol. The zero-order chi connectivity index (χ0) is 37.1. The second-order valence-corrected chi connectivity index (χ2v) is 12.6. The number of nitrogens with zero attached hydrogens (tertiary/aromatic N) is 1. The molecule has 8 rings (SSSR count). The summed E-state index contributed by atoms with van der Waals surface area (Å²) in [5, 5.41) is 5.23. The quantitative estimate of drug-likeness (QED) is 0.179. The van der Waals surface area contributed by atoms with Crippen LogP contribution < -0.4 is 4.90 Å². The van der Waals surface area contributed by atoms with Crippen LogP contribution in [0, 0.1) is 13.8 Å². The Morgan fingerprint density at radius 2 is 0.981 bits per heavy atom. The number of hydrogen-bond acceptors (Lipinski definition) is 1. The first-order valence-corrected chi connectivity index (χ1v) is 19.1. The van der Waals surface area contributed by atoms with E-state index in [0.29, 0.717) is 0 Å². The molecule has 0 saturated heterocycles. The number of fused-ring (bicyclic) bond motifs is 2. The van der Waals surface area contributed by atoms with Crippen molar-refractivity contribution in [3.8, 4) is 11.1 Å². The lowest BCUT2D eigenvalue weighted by atomic mass is 10.0. The van der Waals surface area contributed by atoms with Crippen molar-refractivity contribution in [3.05, 3.63) is 192 Å². The van der Waals surface area contributed by atoms with Crippen LogP contribution in [0.1, 0.15) is 71.4 Å². The van der Waals surface area contributed by atoms with Crippen molar-refractivity contribution in [1.29, 1.82) is 0 Å². The lowest BCUT2D eigenvalue weighted by Gasteiger charge is -2.30. The molecule has 0 saturated carbocycles. The zero-order valence-corrected chi connectivity index (χ0v) is 32.4. The van der Waals surface area contributed by atoms with Crippen LogP contribution >= 0.6 is 0 Å². The van der Waals surface area contributed by atoms with Crippen LogP contribution in [0.3, 0.4) is 0 Å². The third-order valence-corrected chi connectivity index (χ3v) is 9.03. The van der Waals surface area contributed by atoms with Gasteiger partial charge in [-0.2, -0.15) is 0 Å². The Morgan fingerprint density at radius 1 is 0.462 bits per heavy atom. The number of benzene rings is 6. The van der Waals surface area contributed by atoms with Gasteiger partial charge in [0, 0.05) is 16.8 Å². The average Bonchev–Trinajstić information content (AvgIpc) is 3.22. The summed E-state index contributed by atoms with van der Waals surface area (Å²) in [6.07, 6.45) is 17.8. The maximum atomic E-state index is 2.42. The average molecular weight is 684 g/mol. The highest BCUT2D eigenvalue weighted by Gasteiger charge is 2.17. The van der Waals surface area contributed by atoms with Crippen LogP contribution in [0.2, 0.25) is 0 Å². The predicted molar refractivity (Wildman–Crippen MR) is 233 cm³/mol. The van der Waals surface area contributed by atoms with Gasteiger partial charge in [0.05, 0.1) is 5.69 Å². The van der Waals surface area contributed by atoms with Crippen LogP contribution in [-0.4, -0.2) is 0 Å². The van der Waals surface area contributed by atoms with E-state index in [2.05, 4.69) is 196 Å². The molecule has 1 heteroatoms. The van der Waals surface area contributed by atoms with Crippen molar-refractivity contribution in [2.75, 3.05) is 4.90 Å². The van der Waals surface area contributed by atoms with Gasteiger partial charge in [0.15, 0.2) is 0 Å². The molecule has 0 aromatic heterocycles. The van der Waals surface area contributed by atoms with Gasteiger partial charge in [0.25, 0.3) is 0 Å². The Hall–Kier alpha value is -5.40. The summed E-state index contributed by atoms with van der Waals surface area (Å²) in [4.78, 5) is 2.42. The number of hydrogen-bond donors (Lipinski definition) is 0. The van der Waals surface area contributed by atoms with Crippen molar-refractivity contribution < 1.29 is 0 Å². The minimum absolute atomic E-state index is 1.04. The molecule has 0 atom stereocenters. The van der Waals surface area contributed by atoms with Crippen molar-refractivity contribution in [2.45, 2.75) is 74.1 Å². The first-order chi connectivity index (χ1) is 25.6. The molecule has 0 amide bonds. The fourth-order valence-electron chi connectivity index (χ4n) is 6.30. The smallest absolute Gasteiger partial charge is 0.0536 e. The maximum absolute atomic E-state index is 2.42. The lowest BCUT2D eigenvalue weighted by molar-refractivity contribution is 0.919. The van der Waals surface area contributed by atoms with E-state index < -0.39 is 0 Å². The molecule has 0 N–H and O–H groups in total. The summed E-state index contributed by atoms with van der Waals surface area (Å²) in [6.45, 7) is 14.4. The third kappa shape index (κ3) is 10.8. The molecule has 2 aliphatic rings. The second-order valence-electron chi connectivity index (χ2n) is 12.6. The topological polar surface area (TPSA) is 3.24 Å². The molecule has 2 aliphatic carbocycles. The Labute approximate surface area is 314 Å². The predicted octanol–water partition coefficient (Wildman–Crippen LogP) is 15.7. The first kappa shape index (κ1) is 39.4. The second kappa shape index (κ2) is 21.1. The van der Waals surface area contributed by atoms with E-state index in [4.69, 9.17) is 0 Å². The molecule has 0 aliphatic heterocycles. The molecular formula is C51H57N. The van der Waals surface area contributed by atoms with E-state index in [0.717, 1.165) is 12.8 Å². The van der Waals surface area contributed by atoms with Crippen LogP contribution in [0.5, 0.6) is 0 Å². The molecule has 0 heterocycles. The van der Waals surface area contributed by atoms with Crippen molar-refractivity contribution >= 4 is 32.9 Å². The van der Waals surface area contributed by atoms with Crippen molar-refractivity contribution in [1.82, 2.24) is 0 Å². The summed E-state index contributed by atoms with van der Waals surface area (Å²) in [5.74, 6) is 0. The molecule has 0 bridgehead atoms. The number of aryl methyl sites for hydroxylation is 2. The van der Waals surface area contributed by atoms with E-state index >= 15 is 0 Å². The van der Waals surface area contributed by atoms with E-state index in [1.54, 1.807) is 0 Å². The molecule has 0 fully saturated rings. The van der Waals surface area contributed by atoms with Crippen molar-refractivity contribution in [2.24, 2.45) is 0 Å². The van der Waals surface area contributed by atoms with Crippen LogP contribution in [0.4, 0.5) is 11.4 Å². The molecule has 266 valence electrons. The zero-order valence-electron chi connectivity index (χ0n) is 32.4. The number of anilines is 2. The highest BCUT2D eigenvalue weighted by atomic mass is 15.1. The molecule has 6 aromatic carbocycles. The Bertz CT molecular complexity index is 2080. The monoisotopic (exact) mass is 683 g/mol. The summed E-state index contributed by atoms with van der Waals surface area (Å²) in [5.41, 5.74) is 10.4. The van der Waals surface area contributed by atoms with E-state index in [1.807, 2.05) is 27.7 Å². The molecule has 1 nitrogen and oxygen atoms in total. The van der Waals surface area contributed by atoms with E-state index in [-0.39, 0.29) is 0 Å². The van der Waals surface area contributed by atoms with Crippen LogP contribution in [0.25, 0.3) is 32.7 Å². The summed E-state index contributed by atoms with van der Waals surface area (Å²) in [7, 11) is 0. The van der Waals surface area contributed by atoms with E-state index in [9.17, 15) is 0 Å². The summed E-state index contributed by atoms with van der Waals surface area (Å²) < 4.78 is 0. The van der Waals surface area contributed by atoms with Gasteiger partial charge in [0.2, 0.25) is 0 Å². The lowest BCUT2D eigenvalue weighted by Crippen LogP contribution is -2.17. The van der Waals surface area contributed by atoms with Gasteiger partial charge in [-0.25, -0.2) is 0 Å². The van der Waals surface area contributed by atoms with Gasteiger partial charge in [-0.3, -0.25) is 0 Å². The molecule has 6 aromatic rings. The highest BCUT2D eigenvalue weighted by molar-refractivity contribution is 5.97. The van der Waals surface area contributed by atoms with Gasteiger partial charge in [-0.1, -0.05) is 184 Å². The van der Waals surface area contributed by atoms with Gasteiger partial charge < -0.3 is 4.90 Å². The normalized spacial score (nSPS) is 12.7. The number of rotatable bonds is 4. The third-order valence-electron chi connectivity index (χ3n) is 9.03. The minimum atomic E-state index is 1.04. The fraction of sp³-hybridized carbons (Fsp3) is 0.216. The molecule has 0 unspecified atom stereocenters. The van der Waals surface area contributed by atoms with Crippen LogP contribution in [0.15, 0.2) is 181 Å². The summed E-state index contributed by atoms with van der Waals surface area (Å²) >= 11 is 0. The molecule has 52 heavy (non-hydrogen) atoms. The first-order valence-electron chi connectivity index (χ1n) is 19.1. The fourth-order valence-corrected chi connectivity index (χ4v) is 6.30. The van der Waals surface area contributed by atoms with Crippen LogP contribution in [-0.2, 0) is 0 Å². The minimum Gasteiger partial charge on any atom is -0.314 e. The Balaban J connectivity index is 0.000000224. The van der Waals surface area contributed by atoms with Gasteiger partial charge >= 0.3 is 0 Å². The Morgan fingerprint density at radius 3 is 1.52 bits per heavy atom. The van der Waals surface area contributed by atoms with Crippen molar-refractivity contribution in [3.63, 3.8) is 0 Å². The molecule has 0 spiro atoms. The summed E-state index contributed by atoms with van der Waals surface area (Å²) in [6, 6.07) is 47.7. The number of allylic oxidation sites excluding steroid dienone is 8. The van der Waals surface area contributed by atoms with Gasteiger partial charge in [-0.05, 0) is 104 Å². The molecule has 0 radical (unpaired) electrons. The largest absolute Gasteiger partial charge is 0.314 e. The SMILES string of the molecule is CC.CC.CC1=CC=CCC1.Cc1ccc(-c2ccc(N(C3=CC=CCC3)c3cccc4ccccc34)cc2)cc1.Cc1cccc2ccccc12. The Kier molecular flexibility index (Phi) is 16.0.